The lowest BCUT2D eigenvalue weighted by atomic mass is 10.1. The molecule has 0 aliphatic carbocycles. The van der Waals surface area contributed by atoms with Crippen LogP contribution in [0.15, 0.2) is 34.9 Å². The molecule has 0 atom stereocenters. The fourth-order valence-electron chi connectivity index (χ4n) is 2.13. The maximum atomic E-state index is 5.58. The minimum absolute atomic E-state index is 0.551. The first kappa shape index (κ1) is 14.8. The highest BCUT2D eigenvalue weighted by atomic mass is 16.5. The molecule has 0 radical (unpaired) electrons. The van der Waals surface area contributed by atoms with Gasteiger partial charge in [-0.2, -0.15) is 0 Å². The molecule has 2 aromatic rings. The molecule has 108 valence electrons. The number of ether oxygens (including phenoxy) is 1. The standard InChI is InChI=1S/C17H23NO2/c1-14-7-9-16(10-8-14)6-4-3-5-11-19-13-17-12-15(2)20-18-17/h7-10,12H,3-6,11,13H2,1-2H3. The monoisotopic (exact) mass is 273 g/mol. The van der Waals surface area contributed by atoms with Gasteiger partial charge in [0, 0.05) is 12.7 Å². The molecule has 1 heterocycles. The molecular formula is C17H23NO2. The van der Waals surface area contributed by atoms with Gasteiger partial charge in [0.25, 0.3) is 0 Å². The molecule has 3 heteroatoms. The molecule has 0 amide bonds. The quantitative estimate of drug-likeness (QED) is 0.675. The molecule has 0 spiro atoms. The van der Waals surface area contributed by atoms with Gasteiger partial charge in [0.15, 0.2) is 0 Å². The molecule has 0 aliphatic heterocycles. The van der Waals surface area contributed by atoms with Crippen molar-refractivity contribution in [3.8, 4) is 0 Å². The molecule has 0 N–H and O–H groups in total. The number of aromatic nitrogens is 1. The second kappa shape index (κ2) is 7.85. The van der Waals surface area contributed by atoms with E-state index >= 15 is 0 Å². The largest absolute Gasteiger partial charge is 0.375 e. The van der Waals surface area contributed by atoms with Crippen LogP contribution in [0.3, 0.4) is 0 Å². The van der Waals surface area contributed by atoms with Crippen molar-refractivity contribution in [2.75, 3.05) is 6.61 Å². The summed E-state index contributed by atoms with van der Waals surface area (Å²) in [6.07, 6.45) is 4.67. The van der Waals surface area contributed by atoms with Crippen LogP contribution in [0.2, 0.25) is 0 Å². The van der Waals surface area contributed by atoms with Crippen molar-refractivity contribution >= 4 is 0 Å². The Balaban J connectivity index is 1.50. The van der Waals surface area contributed by atoms with Crippen molar-refractivity contribution in [1.29, 1.82) is 0 Å². The smallest absolute Gasteiger partial charge is 0.134 e. The third kappa shape index (κ3) is 5.17. The summed E-state index contributed by atoms with van der Waals surface area (Å²) in [6, 6.07) is 10.7. The topological polar surface area (TPSA) is 35.3 Å². The maximum Gasteiger partial charge on any atom is 0.134 e. The van der Waals surface area contributed by atoms with Crippen molar-refractivity contribution in [3.63, 3.8) is 0 Å². The number of benzene rings is 1. The van der Waals surface area contributed by atoms with E-state index in [1.54, 1.807) is 0 Å². The first-order valence-corrected chi connectivity index (χ1v) is 7.29. The molecule has 0 bridgehead atoms. The average Bonchev–Trinajstić information content (AvgIpc) is 2.85. The van der Waals surface area contributed by atoms with Crippen LogP contribution in [0.1, 0.15) is 41.8 Å². The van der Waals surface area contributed by atoms with E-state index in [4.69, 9.17) is 9.26 Å². The van der Waals surface area contributed by atoms with Crippen LogP contribution in [-0.2, 0) is 17.8 Å². The third-order valence-corrected chi connectivity index (χ3v) is 3.30. The highest BCUT2D eigenvalue weighted by Gasteiger charge is 2.00. The lowest BCUT2D eigenvalue weighted by Gasteiger charge is -2.03. The molecule has 20 heavy (non-hydrogen) atoms. The fourth-order valence-corrected chi connectivity index (χ4v) is 2.13. The Labute approximate surface area is 120 Å². The van der Waals surface area contributed by atoms with E-state index in [0.29, 0.717) is 6.61 Å². The van der Waals surface area contributed by atoms with Crippen molar-refractivity contribution in [3.05, 3.63) is 52.9 Å². The van der Waals surface area contributed by atoms with E-state index in [0.717, 1.165) is 30.9 Å². The maximum absolute atomic E-state index is 5.58. The highest BCUT2D eigenvalue weighted by Crippen LogP contribution is 2.09. The Kier molecular flexibility index (Phi) is 5.81. The van der Waals surface area contributed by atoms with E-state index in [9.17, 15) is 0 Å². The van der Waals surface area contributed by atoms with Crippen LogP contribution in [0.4, 0.5) is 0 Å². The zero-order chi connectivity index (χ0) is 14.2. The Morgan fingerprint density at radius 2 is 1.85 bits per heavy atom. The first-order valence-electron chi connectivity index (χ1n) is 7.29. The molecule has 0 fully saturated rings. The van der Waals surface area contributed by atoms with E-state index in [1.165, 1.54) is 24.0 Å². The summed E-state index contributed by atoms with van der Waals surface area (Å²) in [4.78, 5) is 0. The summed E-state index contributed by atoms with van der Waals surface area (Å²) in [5, 5.41) is 3.90. The van der Waals surface area contributed by atoms with Gasteiger partial charge in [-0.15, -0.1) is 0 Å². The molecular weight excluding hydrogens is 250 g/mol. The molecule has 1 aromatic carbocycles. The predicted molar refractivity (Wildman–Crippen MR) is 79.6 cm³/mol. The van der Waals surface area contributed by atoms with Gasteiger partial charge in [0.1, 0.15) is 11.5 Å². The zero-order valence-electron chi connectivity index (χ0n) is 12.4. The molecule has 1 aromatic heterocycles. The number of aryl methyl sites for hydroxylation is 3. The molecule has 0 unspecified atom stereocenters. The van der Waals surface area contributed by atoms with Crippen LogP contribution in [-0.4, -0.2) is 11.8 Å². The molecule has 0 aliphatic rings. The minimum Gasteiger partial charge on any atom is -0.375 e. The van der Waals surface area contributed by atoms with Gasteiger partial charge in [0.2, 0.25) is 0 Å². The SMILES string of the molecule is Cc1ccc(CCCCCOCc2cc(C)on2)cc1. The summed E-state index contributed by atoms with van der Waals surface area (Å²) in [6.45, 7) is 5.36. The van der Waals surface area contributed by atoms with Gasteiger partial charge < -0.3 is 9.26 Å². The lowest BCUT2D eigenvalue weighted by molar-refractivity contribution is 0.112. The van der Waals surface area contributed by atoms with Crippen molar-refractivity contribution in [2.45, 2.75) is 46.1 Å². The van der Waals surface area contributed by atoms with Crippen LogP contribution < -0.4 is 0 Å². The van der Waals surface area contributed by atoms with Gasteiger partial charge in [-0.05, 0) is 38.7 Å². The Morgan fingerprint density at radius 3 is 2.55 bits per heavy atom. The Hall–Kier alpha value is -1.61. The van der Waals surface area contributed by atoms with Gasteiger partial charge in [0.05, 0.1) is 6.61 Å². The first-order chi connectivity index (χ1) is 9.74. The summed E-state index contributed by atoms with van der Waals surface area (Å²) in [5.74, 6) is 0.835. The third-order valence-electron chi connectivity index (χ3n) is 3.30. The van der Waals surface area contributed by atoms with Crippen molar-refractivity contribution in [1.82, 2.24) is 5.16 Å². The summed E-state index contributed by atoms with van der Waals surface area (Å²) in [5.41, 5.74) is 3.63. The van der Waals surface area contributed by atoms with E-state index in [2.05, 4.69) is 36.3 Å². The Bertz CT molecular complexity index is 502. The van der Waals surface area contributed by atoms with Crippen molar-refractivity contribution < 1.29 is 9.26 Å². The molecule has 2 rings (SSSR count). The van der Waals surface area contributed by atoms with Gasteiger partial charge >= 0.3 is 0 Å². The number of unbranched alkanes of at least 4 members (excludes halogenated alkanes) is 2. The minimum atomic E-state index is 0.551. The van der Waals surface area contributed by atoms with E-state index < -0.39 is 0 Å². The predicted octanol–water partition coefficient (Wildman–Crippen LogP) is 4.22. The van der Waals surface area contributed by atoms with Gasteiger partial charge in [-0.25, -0.2) is 0 Å². The fraction of sp³-hybridized carbons (Fsp3) is 0.471. The summed E-state index contributed by atoms with van der Waals surface area (Å²) >= 11 is 0. The second-order valence-corrected chi connectivity index (χ2v) is 5.28. The van der Waals surface area contributed by atoms with Crippen LogP contribution in [0.5, 0.6) is 0 Å². The van der Waals surface area contributed by atoms with Gasteiger partial charge in [-0.3, -0.25) is 0 Å². The van der Waals surface area contributed by atoms with E-state index in [1.807, 2.05) is 13.0 Å². The van der Waals surface area contributed by atoms with Gasteiger partial charge in [-0.1, -0.05) is 41.4 Å². The van der Waals surface area contributed by atoms with Crippen molar-refractivity contribution in [2.24, 2.45) is 0 Å². The number of hydrogen-bond acceptors (Lipinski definition) is 3. The Morgan fingerprint density at radius 1 is 1.05 bits per heavy atom. The number of rotatable bonds is 8. The van der Waals surface area contributed by atoms with Crippen LogP contribution >= 0.6 is 0 Å². The normalized spacial score (nSPS) is 10.9. The molecule has 0 saturated heterocycles. The zero-order valence-corrected chi connectivity index (χ0v) is 12.4. The lowest BCUT2D eigenvalue weighted by Crippen LogP contribution is -1.96. The average molecular weight is 273 g/mol. The second-order valence-electron chi connectivity index (χ2n) is 5.28. The summed E-state index contributed by atoms with van der Waals surface area (Å²) in [7, 11) is 0. The molecule has 0 saturated carbocycles. The summed E-state index contributed by atoms with van der Waals surface area (Å²) < 4.78 is 10.6. The highest BCUT2D eigenvalue weighted by molar-refractivity contribution is 5.21. The van der Waals surface area contributed by atoms with E-state index in [-0.39, 0.29) is 0 Å². The van der Waals surface area contributed by atoms with Crippen LogP contribution in [0.25, 0.3) is 0 Å². The number of nitrogens with zero attached hydrogens (tertiary/aromatic N) is 1. The number of hydrogen-bond donors (Lipinski definition) is 0. The van der Waals surface area contributed by atoms with Crippen LogP contribution in [0, 0.1) is 13.8 Å². The molecule has 3 nitrogen and oxygen atoms in total.